The molecule has 0 aliphatic heterocycles. The third kappa shape index (κ3) is 4.55. The first kappa shape index (κ1) is 14.2. The zero-order valence-corrected chi connectivity index (χ0v) is 10.4. The van der Waals surface area contributed by atoms with Gasteiger partial charge in [0.2, 0.25) is 5.91 Å². The van der Waals surface area contributed by atoms with Gasteiger partial charge < -0.3 is 15.7 Å². The molecule has 5 heteroatoms. The first-order chi connectivity index (χ1) is 8.67. The summed E-state index contributed by atoms with van der Waals surface area (Å²) in [5.74, 6) is -0.215. The molecule has 0 atom stereocenters. The summed E-state index contributed by atoms with van der Waals surface area (Å²) >= 11 is 0. The molecule has 3 N–H and O–H groups in total. The molecule has 1 aromatic rings. The van der Waals surface area contributed by atoms with Gasteiger partial charge in [-0.25, -0.2) is 0 Å². The Morgan fingerprint density at radius 3 is 2.39 bits per heavy atom. The van der Waals surface area contributed by atoms with E-state index in [4.69, 9.17) is 5.11 Å². The molecule has 2 amide bonds. The molecule has 0 aliphatic carbocycles. The fraction of sp³-hybridized carbons (Fsp3) is 0.385. The Morgan fingerprint density at radius 2 is 1.83 bits per heavy atom. The Kier molecular flexibility index (Phi) is 5.87. The van der Waals surface area contributed by atoms with Gasteiger partial charge in [-0.15, -0.1) is 0 Å². The van der Waals surface area contributed by atoms with Crippen molar-refractivity contribution in [2.75, 3.05) is 13.2 Å². The maximum atomic E-state index is 11.5. The van der Waals surface area contributed by atoms with E-state index in [1.54, 1.807) is 31.2 Å². The Balaban J connectivity index is 2.51. The second-order valence-electron chi connectivity index (χ2n) is 3.81. The van der Waals surface area contributed by atoms with Crippen LogP contribution in [-0.2, 0) is 11.3 Å². The minimum atomic E-state index is -0.215. The number of amides is 2. The summed E-state index contributed by atoms with van der Waals surface area (Å²) in [6, 6.07) is 6.98. The maximum absolute atomic E-state index is 11.5. The number of carbonyl (C=O) groups excluding carboxylic acids is 2. The van der Waals surface area contributed by atoms with Gasteiger partial charge in [0, 0.05) is 25.1 Å². The summed E-state index contributed by atoms with van der Waals surface area (Å²) in [4.78, 5) is 22.6. The molecular formula is C13H18N2O3. The van der Waals surface area contributed by atoms with Gasteiger partial charge in [0.05, 0.1) is 6.61 Å². The zero-order valence-electron chi connectivity index (χ0n) is 10.4. The van der Waals surface area contributed by atoms with Crippen LogP contribution in [0.3, 0.4) is 0 Å². The molecule has 98 valence electrons. The standard InChI is InChI=1S/C13H18N2O3/c1-2-12(17)15-9-10-3-5-11(6-4-10)13(18)14-7-8-16/h3-6,16H,2,7-9H2,1H3,(H,14,18)(H,15,17). The second kappa shape index (κ2) is 7.45. The molecular weight excluding hydrogens is 232 g/mol. The van der Waals surface area contributed by atoms with Gasteiger partial charge in [0.25, 0.3) is 5.91 Å². The summed E-state index contributed by atoms with van der Waals surface area (Å²) < 4.78 is 0. The Morgan fingerprint density at radius 1 is 1.17 bits per heavy atom. The van der Waals surface area contributed by atoms with Gasteiger partial charge in [-0.3, -0.25) is 9.59 Å². The molecule has 0 spiro atoms. The molecule has 0 aliphatic rings. The summed E-state index contributed by atoms with van der Waals surface area (Å²) in [6.45, 7) is 2.43. The van der Waals surface area contributed by atoms with Crippen molar-refractivity contribution >= 4 is 11.8 Å². The zero-order chi connectivity index (χ0) is 13.4. The predicted octanol–water partition coefficient (Wildman–Crippen LogP) is 0.435. The van der Waals surface area contributed by atoms with E-state index in [0.717, 1.165) is 5.56 Å². The number of rotatable bonds is 6. The molecule has 0 unspecified atom stereocenters. The average Bonchev–Trinajstić information content (AvgIpc) is 2.42. The molecule has 1 rings (SSSR count). The Hall–Kier alpha value is -1.88. The van der Waals surface area contributed by atoms with Crippen LogP contribution < -0.4 is 10.6 Å². The van der Waals surface area contributed by atoms with Crippen molar-refractivity contribution in [2.24, 2.45) is 0 Å². The van der Waals surface area contributed by atoms with E-state index >= 15 is 0 Å². The van der Waals surface area contributed by atoms with E-state index in [2.05, 4.69) is 10.6 Å². The van der Waals surface area contributed by atoms with Gasteiger partial charge in [0.15, 0.2) is 0 Å². The minimum absolute atomic E-state index is 0.000217. The lowest BCUT2D eigenvalue weighted by Gasteiger charge is -2.06. The van der Waals surface area contributed by atoms with Crippen LogP contribution in [-0.4, -0.2) is 30.1 Å². The normalized spacial score (nSPS) is 9.89. The van der Waals surface area contributed by atoms with Crippen molar-refractivity contribution < 1.29 is 14.7 Å². The quantitative estimate of drug-likeness (QED) is 0.685. The average molecular weight is 250 g/mol. The minimum Gasteiger partial charge on any atom is -0.395 e. The number of aliphatic hydroxyl groups excluding tert-OH is 1. The van der Waals surface area contributed by atoms with Crippen molar-refractivity contribution in [3.05, 3.63) is 35.4 Å². The van der Waals surface area contributed by atoms with Crippen LogP contribution in [0, 0.1) is 0 Å². The summed E-state index contributed by atoms with van der Waals surface area (Å²) in [7, 11) is 0. The number of hydrogen-bond acceptors (Lipinski definition) is 3. The van der Waals surface area contributed by atoms with Gasteiger partial charge in [-0.05, 0) is 17.7 Å². The van der Waals surface area contributed by atoms with Crippen LogP contribution in [0.5, 0.6) is 0 Å². The number of aliphatic hydroxyl groups is 1. The molecule has 5 nitrogen and oxygen atoms in total. The summed E-state index contributed by atoms with van der Waals surface area (Å²) in [5.41, 5.74) is 1.48. The Labute approximate surface area is 106 Å². The highest BCUT2D eigenvalue weighted by Gasteiger charge is 2.04. The third-order valence-corrected chi connectivity index (χ3v) is 2.42. The van der Waals surface area contributed by atoms with E-state index in [-0.39, 0.29) is 25.0 Å². The molecule has 0 aromatic heterocycles. The molecule has 0 saturated heterocycles. The number of hydrogen-bond donors (Lipinski definition) is 3. The summed E-state index contributed by atoms with van der Waals surface area (Å²) in [6.07, 6.45) is 0.460. The molecule has 0 radical (unpaired) electrons. The lowest BCUT2D eigenvalue weighted by atomic mass is 10.1. The van der Waals surface area contributed by atoms with E-state index < -0.39 is 0 Å². The largest absolute Gasteiger partial charge is 0.395 e. The second-order valence-corrected chi connectivity index (χ2v) is 3.81. The number of nitrogens with one attached hydrogen (secondary N) is 2. The van der Waals surface area contributed by atoms with Gasteiger partial charge in [-0.1, -0.05) is 19.1 Å². The molecule has 1 aromatic carbocycles. The highest BCUT2D eigenvalue weighted by Crippen LogP contribution is 2.04. The van der Waals surface area contributed by atoms with Crippen LogP contribution in [0.1, 0.15) is 29.3 Å². The third-order valence-electron chi connectivity index (χ3n) is 2.42. The summed E-state index contributed by atoms with van der Waals surface area (Å²) in [5, 5.41) is 13.9. The molecule has 0 bridgehead atoms. The van der Waals surface area contributed by atoms with Crippen LogP contribution in [0.25, 0.3) is 0 Å². The fourth-order valence-corrected chi connectivity index (χ4v) is 1.37. The van der Waals surface area contributed by atoms with Crippen LogP contribution in [0.15, 0.2) is 24.3 Å². The van der Waals surface area contributed by atoms with E-state index in [1.165, 1.54) is 0 Å². The monoisotopic (exact) mass is 250 g/mol. The highest BCUT2D eigenvalue weighted by atomic mass is 16.3. The lowest BCUT2D eigenvalue weighted by Crippen LogP contribution is -2.26. The van der Waals surface area contributed by atoms with Gasteiger partial charge in [-0.2, -0.15) is 0 Å². The number of benzene rings is 1. The molecule has 18 heavy (non-hydrogen) atoms. The predicted molar refractivity (Wildman–Crippen MR) is 68.0 cm³/mol. The van der Waals surface area contributed by atoms with Crippen LogP contribution in [0.2, 0.25) is 0 Å². The topological polar surface area (TPSA) is 78.4 Å². The first-order valence-electron chi connectivity index (χ1n) is 5.92. The van der Waals surface area contributed by atoms with Gasteiger partial charge in [0.1, 0.15) is 0 Å². The van der Waals surface area contributed by atoms with Crippen LogP contribution >= 0.6 is 0 Å². The molecule has 0 saturated carbocycles. The highest BCUT2D eigenvalue weighted by molar-refractivity contribution is 5.94. The molecule has 0 fully saturated rings. The van der Waals surface area contributed by atoms with Crippen molar-refractivity contribution in [1.29, 1.82) is 0 Å². The van der Waals surface area contributed by atoms with Crippen LogP contribution in [0.4, 0.5) is 0 Å². The van der Waals surface area contributed by atoms with E-state index in [1.807, 2.05) is 0 Å². The SMILES string of the molecule is CCC(=O)NCc1ccc(C(=O)NCCO)cc1. The number of carbonyl (C=O) groups is 2. The Bertz CT molecular complexity index is 401. The van der Waals surface area contributed by atoms with Crippen molar-refractivity contribution in [1.82, 2.24) is 10.6 Å². The van der Waals surface area contributed by atoms with E-state index in [0.29, 0.717) is 18.5 Å². The lowest BCUT2D eigenvalue weighted by molar-refractivity contribution is -0.120. The first-order valence-corrected chi connectivity index (χ1v) is 5.92. The fourth-order valence-electron chi connectivity index (χ4n) is 1.37. The maximum Gasteiger partial charge on any atom is 0.251 e. The van der Waals surface area contributed by atoms with Gasteiger partial charge >= 0.3 is 0 Å². The van der Waals surface area contributed by atoms with E-state index in [9.17, 15) is 9.59 Å². The van der Waals surface area contributed by atoms with Crippen molar-refractivity contribution in [3.63, 3.8) is 0 Å². The smallest absolute Gasteiger partial charge is 0.251 e. The van der Waals surface area contributed by atoms with Crippen molar-refractivity contribution in [3.8, 4) is 0 Å². The van der Waals surface area contributed by atoms with Crippen molar-refractivity contribution in [2.45, 2.75) is 19.9 Å². The molecule has 0 heterocycles.